The second-order valence-corrected chi connectivity index (χ2v) is 4.67. The third-order valence-corrected chi connectivity index (χ3v) is 3.46. The average Bonchev–Trinajstić information content (AvgIpc) is 2.83. The van der Waals surface area contributed by atoms with E-state index in [1.807, 2.05) is 36.5 Å². The number of fused-ring (bicyclic) bond motifs is 1. The first-order valence-electron chi connectivity index (χ1n) is 4.79. The topological polar surface area (TPSA) is 25.8 Å². The first kappa shape index (κ1) is 9.75. The van der Waals surface area contributed by atoms with E-state index in [9.17, 15) is 0 Å². The molecular formula is C12H7ClN2S. The number of rotatable bonds is 1. The van der Waals surface area contributed by atoms with Gasteiger partial charge in [-0.2, -0.15) is 0 Å². The Kier molecular flexibility index (Phi) is 2.35. The fourth-order valence-electron chi connectivity index (χ4n) is 1.59. The predicted octanol–water partition coefficient (Wildman–Crippen LogP) is 4.01. The van der Waals surface area contributed by atoms with Crippen LogP contribution in [-0.4, -0.2) is 9.97 Å². The molecule has 4 heteroatoms. The summed E-state index contributed by atoms with van der Waals surface area (Å²) in [5.74, 6) is 0. The van der Waals surface area contributed by atoms with Crippen molar-refractivity contribution in [3.63, 3.8) is 0 Å². The number of benzene rings is 1. The molecule has 3 aromatic rings. The Morgan fingerprint density at radius 2 is 2.06 bits per heavy atom. The van der Waals surface area contributed by atoms with Crippen molar-refractivity contribution in [3.05, 3.63) is 47.1 Å². The van der Waals surface area contributed by atoms with Gasteiger partial charge in [-0.15, -0.1) is 11.3 Å². The molecule has 16 heavy (non-hydrogen) atoms. The third-order valence-electron chi connectivity index (χ3n) is 2.36. The zero-order chi connectivity index (χ0) is 11.0. The van der Waals surface area contributed by atoms with Gasteiger partial charge in [-0.05, 0) is 12.1 Å². The van der Waals surface area contributed by atoms with Crippen LogP contribution in [0.4, 0.5) is 0 Å². The van der Waals surface area contributed by atoms with Crippen LogP contribution >= 0.6 is 22.9 Å². The summed E-state index contributed by atoms with van der Waals surface area (Å²) in [4.78, 5) is 9.66. The van der Waals surface area contributed by atoms with Crippen LogP contribution in [0.5, 0.6) is 0 Å². The molecule has 2 nitrogen and oxygen atoms in total. The van der Waals surface area contributed by atoms with Crippen LogP contribution in [0.3, 0.4) is 0 Å². The number of hydrogen-bond acceptors (Lipinski definition) is 3. The van der Waals surface area contributed by atoms with Crippen molar-refractivity contribution in [1.29, 1.82) is 0 Å². The molecule has 0 aliphatic carbocycles. The standard InChI is InChI=1S/C12H7ClN2S/c13-9-3-1-2-8-4-5-10(15-12(8)9)11-6-14-7-16-11/h1-7H. The van der Waals surface area contributed by atoms with Crippen molar-refractivity contribution in [2.75, 3.05) is 0 Å². The zero-order valence-electron chi connectivity index (χ0n) is 8.22. The van der Waals surface area contributed by atoms with Crippen molar-refractivity contribution in [2.45, 2.75) is 0 Å². The smallest absolute Gasteiger partial charge is 0.0895 e. The fraction of sp³-hybridized carbons (Fsp3) is 0. The first-order chi connectivity index (χ1) is 7.84. The van der Waals surface area contributed by atoms with Crippen molar-refractivity contribution in [1.82, 2.24) is 9.97 Å². The van der Waals surface area contributed by atoms with Gasteiger partial charge in [0, 0.05) is 11.6 Å². The lowest BCUT2D eigenvalue weighted by atomic mass is 10.2. The van der Waals surface area contributed by atoms with Gasteiger partial charge >= 0.3 is 0 Å². The van der Waals surface area contributed by atoms with E-state index in [4.69, 9.17) is 11.6 Å². The van der Waals surface area contributed by atoms with Crippen LogP contribution in [0.2, 0.25) is 5.02 Å². The van der Waals surface area contributed by atoms with E-state index in [0.29, 0.717) is 5.02 Å². The van der Waals surface area contributed by atoms with Gasteiger partial charge in [-0.25, -0.2) is 4.98 Å². The molecule has 0 aliphatic rings. The Labute approximate surface area is 102 Å². The van der Waals surface area contributed by atoms with Crippen LogP contribution in [-0.2, 0) is 0 Å². The Bertz CT molecular complexity index is 635. The van der Waals surface area contributed by atoms with E-state index < -0.39 is 0 Å². The highest BCUT2D eigenvalue weighted by molar-refractivity contribution is 7.13. The third kappa shape index (κ3) is 1.58. The minimum absolute atomic E-state index is 0.684. The van der Waals surface area contributed by atoms with Crippen molar-refractivity contribution in [2.24, 2.45) is 0 Å². The van der Waals surface area contributed by atoms with Crippen LogP contribution in [0.15, 0.2) is 42.0 Å². The van der Waals surface area contributed by atoms with E-state index in [1.165, 1.54) is 0 Å². The van der Waals surface area contributed by atoms with Gasteiger partial charge in [0.1, 0.15) is 0 Å². The molecule has 2 aromatic heterocycles. The van der Waals surface area contributed by atoms with E-state index in [0.717, 1.165) is 21.5 Å². The van der Waals surface area contributed by atoms with E-state index >= 15 is 0 Å². The molecule has 0 saturated heterocycles. The van der Waals surface area contributed by atoms with Gasteiger partial charge in [0.05, 0.1) is 26.6 Å². The van der Waals surface area contributed by atoms with Gasteiger partial charge in [0.15, 0.2) is 0 Å². The second-order valence-electron chi connectivity index (χ2n) is 3.37. The molecule has 0 saturated carbocycles. The lowest BCUT2D eigenvalue weighted by Gasteiger charge is -2.01. The molecule has 78 valence electrons. The molecule has 0 bridgehead atoms. The van der Waals surface area contributed by atoms with Gasteiger partial charge in [-0.1, -0.05) is 29.8 Å². The summed E-state index contributed by atoms with van der Waals surface area (Å²) in [5, 5.41) is 1.74. The summed E-state index contributed by atoms with van der Waals surface area (Å²) in [6, 6.07) is 9.81. The van der Waals surface area contributed by atoms with Crippen LogP contribution in [0.1, 0.15) is 0 Å². The van der Waals surface area contributed by atoms with Crippen LogP contribution < -0.4 is 0 Å². The van der Waals surface area contributed by atoms with Gasteiger partial charge < -0.3 is 0 Å². The highest BCUT2D eigenvalue weighted by atomic mass is 35.5. The summed E-state index contributed by atoms with van der Waals surface area (Å²) >= 11 is 7.69. The van der Waals surface area contributed by atoms with Crippen molar-refractivity contribution >= 4 is 33.8 Å². The quantitative estimate of drug-likeness (QED) is 0.648. The molecule has 0 atom stereocenters. The Morgan fingerprint density at radius 3 is 2.88 bits per heavy atom. The van der Waals surface area contributed by atoms with E-state index in [1.54, 1.807) is 16.8 Å². The molecule has 0 unspecified atom stereocenters. The SMILES string of the molecule is Clc1cccc2ccc(-c3cncs3)nc12. The monoisotopic (exact) mass is 246 g/mol. The van der Waals surface area contributed by atoms with Crippen molar-refractivity contribution < 1.29 is 0 Å². The number of nitrogens with zero attached hydrogens (tertiary/aromatic N) is 2. The predicted molar refractivity (Wildman–Crippen MR) is 67.9 cm³/mol. The average molecular weight is 247 g/mol. The summed E-state index contributed by atoms with van der Waals surface area (Å²) < 4.78 is 0. The molecule has 0 radical (unpaired) electrons. The van der Waals surface area contributed by atoms with Crippen LogP contribution in [0, 0.1) is 0 Å². The Hall–Kier alpha value is -1.45. The molecule has 0 fully saturated rings. The fourth-order valence-corrected chi connectivity index (χ4v) is 2.41. The van der Waals surface area contributed by atoms with Gasteiger partial charge in [0.25, 0.3) is 0 Å². The molecule has 1 aromatic carbocycles. The first-order valence-corrected chi connectivity index (χ1v) is 6.04. The number of halogens is 1. The summed E-state index contributed by atoms with van der Waals surface area (Å²) in [6.07, 6.45) is 1.82. The number of aromatic nitrogens is 2. The van der Waals surface area contributed by atoms with E-state index in [2.05, 4.69) is 9.97 Å². The molecule has 0 aliphatic heterocycles. The van der Waals surface area contributed by atoms with Crippen molar-refractivity contribution in [3.8, 4) is 10.6 Å². The summed E-state index contributed by atoms with van der Waals surface area (Å²) in [6.45, 7) is 0. The molecule has 0 spiro atoms. The largest absolute Gasteiger partial charge is 0.252 e. The summed E-state index contributed by atoms with van der Waals surface area (Å²) in [5.41, 5.74) is 3.56. The maximum absolute atomic E-state index is 6.12. The van der Waals surface area contributed by atoms with Gasteiger partial charge in [0.2, 0.25) is 0 Å². The maximum Gasteiger partial charge on any atom is 0.0895 e. The summed E-state index contributed by atoms with van der Waals surface area (Å²) in [7, 11) is 0. The zero-order valence-corrected chi connectivity index (χ0v) is 9.79. The number of para-hydroxylation sites is 1. The highest BCUT2D eigenvalue weighted by Crippen LogP contribution is 2.27. The minimum atomic E-state index is 0.684. The maximum atomic E-state index is 6.12. The van der Waals surface area contributed by atoms with Gasteiger partial charge in [-0.3, -0.25) is 4.98 Å². The highest BCUT2D eigenvalue weighted by Gasteiger charge is 2.04. The molecule has 2 heterocycles. The lowest BCUT2D eigenvalue weighted by molar-refractivity contribution is 1.38. The van der Waals surface area contributed by atoms with Crippen LogP contribution in [0.25, 0.3) is 21.5 Å². The Balaban J connectivity index is 2.27. The Morgan fingerprint density at radius 1 is 1.12 bits per heavy atom. The molecule has 0 N–H and O–H groups in total. The van der Waals surface area contributed by atoms with E-state index in [-0.39, 0.29) is 0 Å². The number of hydrogen-bond donors (Lipinski definition) is 0. The molecule has 3 rings (SSSR count). The number of thiazole rings is 1. The lowest BCUT2D eigenvalue weighted by Crippen LogP contribution is -1.83. The second kappa shape index (κ2) is 3.85. The minimum Gasteiger partial charge on any atom is -0.252 e. The normalized spacial score (nSPS) is 10.8. The molecule has 0 amide bonds. The molecular weight excluding hydrogens is 240 g/mol. The number of pyridine rings is 1.